The summed E-state index contributed by atoms with van der Waals surface area (Å²) in [6, 6.07) is 3.90. The van der Waals surface area contributed by atoms with Gasteiger partial charge < -0.3 is 0 Å². The number of nitrogens with zero attached hydrogens (tertiary/aromatic N) is 2. The molecule has 0 spiro atoms. The van der Waals surface area contributed by atoms with E-state index in [1.165, 1.54) is 0 Å². The summed E-state index contributed by atoms with van der Waals surface area (Å²) >= 11 is 0. The number of hydrogen-bond acceptors (Lipinski definition) is 2. The van der Waals surface area contributed by atoms with Crippen molar-refractivity contribution in [2.45, 2.75) is 19.8 Å². The molecule has 0 amide bonds. The lowest BCUT2D eigenvalue weighted by Crippen LogP contribution is -1.89. The Balaban J connectivity index is 2.95. The van der Waals surface area contributed by atoms with Gasteiger partial charge in [-0.3, -0.25) is 4.98 Å². The Morgan fingerprint density at radius 2 is 2.45 bits per heavy atom. The number of nitriles is 1. The van der Waals surface area contributed by atoms with Crippen LogP contribution in [0.5, 0.6) is 0 Å². The summed E-state index contributed by atoms with van der Waals surface area (Å²) in [6.45, 7) is 2.09. The van der Waals surface area contributed by atoms with E-state index in [-0.39, 0.29) is 0 Å². The Morgan fingerprint density at radius 3 is 3.09 bits per heavy atom. The lowest BCUT2D eigenvalue weighted by atomic mass is 10.1. The van der Waals surface area contributed by atoms with E-state index in [9.17, 15) is 0 Å². The predicted octanol–water partition coefficient (Wildman–Crippen LogP) is 1.91. The molecule has 0 saturated carbocycles. The van der Waals surface area contributed by atoms with Crippen LogP contribution < -0.4 is 0 Å². The van der Waals surface area contributed by atoms with E-state index in [4.69, 9.17) is 5.26 Å². The van der Waals surface area contributed by atoms with Gasteiger partial charge >= 0.3 is 0 Å². The molecular weight excluding hydrogens is 136 g/mol. The molecule has 0 saturated heterocycles. The minimum absolute atomic E-state index is 0.752. The number of pyridine rings is 1. The maximum absolute atomic E-state index is 8.67. The molecule has 0 radical (unpaired) electrons. The highest BCUT2D eigenvalue weighted by molar-refractivity contribution is 5.34. The van der Waals surface area contributed by atoms with Crippen molar-refractivity contribution < 1.29 is 0 Å². The van der Waals surface area contributed by atoms with Crippen molar-refractivity contribution in [2.75, 3.05) is 0 Å². The minimum atomic E-state index is 0.752. The quantitative estimate of drug-likeness (QED) is 0.639. The second-order valence-corrected chi connectivity index (χ2v) is 2.39. The van der Waals surface area contributed by atoms with Crippen LogP contribution in [0.1, 0.15) is 24.5 Å². The average molecular weight is 146 g/mol. The summed E-state index contributed by atoms with van der Waals surface area (Å²) in [5.74, 6) is 0. The molecule has 0 atom stereocenters. The van der Waals surface area contributed by atoms with Crippen LogP contribution in [0, 0.1) is 11.3 Å². The molecular formula is C9H10N2. The summed E-state index contributed by atoms with van der Waals surface area (Å²) < 4.78 is 0. The fourth-order valence-corrected chi connectivity index (χ4v) is 1.00. The zero-order chi connectivity index (χ0) is 8.10. The van der Waals surface area contributed by atoms with Gasteiger partial charge in [0.25, 0.3) is 0 Å². The van der Waals surface area contributed by atoms with Crippen LogP contribution in [-0.4, -0.2) is 4.98 Å². The molecule has 56 valence electrons. The highest BCUT2D eigenvalue weighted by atomic mass is 14.6. The third kappa shape index (κ3) is 1.78. The summed E-state index contributed by atoms with van der Waals surface area (Å²) in [5.41, 5.74) is 1.80. The van der Waals surface area contributed by atoms with Crippen LogP contribution in [0.3, 0.4) is 0 Å². The summed E-state index contributed by atoms with van der Waals surface area (Å²) in [4.78, 5) is 3.96. The Hall–Kier alpha value is -1.36. The maximum Gasteiger partial charge on any atom is 0.0995 e. The second-order valence-electron chi connectivity index (χ2n) is 2.39. The SMILES string of the molecule is CCCc1cnccc1C#N. The topological polar surface area (TPSA) is 36.7 Å². The molecule has 0 unspecified atom stereocenters. The zero-order valence-electron chi connectivity index (χ0n) is 6.54. The van der Waals surface area contributed by atoms with Crippen molar-refractivity contribution in [3.8, 4) is 6.07 Å². The lowest BCUT2D eigenvalue weighted by molar-refractivity contribution is 0.910. The largest absolute Gasteiger partial charge is 0.264 e. The van der Waals surface area contributed by atoms with Gasteiger partial charge in [-0.05, 0) is 18.1 Å². The van der Waals surface area contributed by atoms with E-state index in [1.807, 2.05) is 0 Å². The second kappa shape index (κ2) is 3.72. The molecule has 1 aromatic heterocycles. The van der Waals surface area contributed by atoms with Crippen LogP contribution >= 0.6 is 0 Å². The first-order valence-corrected chi connectivity index (χ1v) is 3.71. The van der Waals surface area contributed by atoms with E-state index in [0.29, 0.717) is 0 Å². The third-order valence-corrected chi connectivity index (χ3v) is 1.54. The molecule has 0 aromatic carbocycles. The van der Waals surface area contributed by atoms with Gasteiger partial charge in [-0.2, -0.15) is 5.26 Å². The first-order valence-electron chi connectivity index (χ1n) is 3.71. The monoisotopic (exact) mass is 146 g/mol. The first-order chi connectivity index (χ1) is 5.38. The van der Waals surface area contributed by atoms with Gasteiger partial charge in [-0.25, -0.2) is 0 Å². The minimum Gasteiger partial charge on any atom is -0.264 e. The van der Waals surface area contributed by atoms with Gasteiger partial charge in [0.15, 0.2) is 0 Å². The van der Waals surface area contributed by atoms with Crippen LogP contribution in [-0.2, 0) is 6.42 Å². The number of aromatic nitrogens is 1. The fourth-order valence-electron chi connectivity index (χ4n) is 1.00. The highest BCUT2D eigenvalue weighted by Gasteiger charge is 1.97. The highest BCUT2D eigenvalue weighted by Crippen LogP contribution is 2.06. The van der Waals surface area contributed by atoms with Crippen LogP contribution in [0.15, 0.2) is 18.5 Å². The van der Waals surface area contributed by atoms with Crippen LogP contribution in [0.25, 0.3) is 0 Å². The van der Waals surface area contributed by atoms with Crippen LogP contribution in [0.2, 0.25) is 0 Å². The Kier molecular flexibility index (Phi) is 2.62. The van der Waals surface area contributed by atoms with Gasteiger partial charge in [0.2, 0.25) is 0 Å². The van der Waals surface area contributed by atoms with E-state index < -0.39 is 0 Å². The van der Waals surface area contributed by atoms with Gasteiger partial charge in [-0.15, -0.1) is 0 Å². The summed E-state index contributed by atoms with van der Waals surface area (Å²) in [7, 11) is 0. The van der Waals surface area contributed by atoms with E-state index in [0.717, 1.165) is 24.0 Å². The van der Waals surface area contributed by atoms with Crippen molar-refractivity contribution in [1.29, 1.82) is 5.26 Å². The van der Waals surface area contributed by atoms with Crippen LogP contribution in [0.4, 0.5) is 0 Å². The molecule has 0 aliphatic heterocycles. The maximum atomic E-state index is 8.67. The molecule has 0 fully saturated rings. The molecule has 0 aliphatic carbocycles. The number of hydrogen-bond donors (Lipinski definition) is 0. The smallest absolute Gasteiger partial charge is 0.0995 e. The van der Waals surface area contributed by atoms with Crippen molar-refractivity contribution in [2.24, 2.45) is 0 Å². The van der Waals surface area contributed by atoms with Gasteiger partial charge in [0, 0.05) is 12.4 Å². The Labute approximate surface area is 66.5 Å². The molecule has 2 heteroatoms. The number of rotatable bonds is 2. The van der Waals surface area contributed by atoms with Gasteiger partial charge in [-0.1, -0.05) is 13.3 Å². The van der Waals surface area contributed by atoms with E-state index >= 15 is 0 Å². The normalized spacial score (nSPS) is 9.09. The molecule has 0 N–H and O–H groups in total. The molecule has 0 bridgehead atoms. The molecule has 1 rings (SSSR count). The number of aryl methyl sites for hydroxylation is 1. The Bertz CT molecular complexity index is 273. The average Bonchev–Trinajstić information content (AvgIpc) is 2.06. The fraction of sp³-hybridized carbons (Fsp3) is 0.333. The van der Waals surface area contributed by atoms with Crippen molar-refractivity contribution in [1.82, 2.24) is 4.98 Å². The molecule has 0 aliphatic rings. The molecule has 1 aromatic rings. The predicted molar refractivity (Wildman–Crippen MR) is 42.9 cm³/mol. The molecule has 11 heavy (non-hydrogen) atoms. The summed E-state index contributed by atoms with van der Waals surface area (Å²) in [6.07, 6.45) is 5.41. The molecule has 1 heterocycles. The standard InChI is InChI=1S/C9H10N2/c1-2-3-9-7-11-5-4-8(9)6-10/h4-5,7H,2-3H2,1H3. The van der Waals surface area contributed by atoms with E-state index in [1.54, 1.807) is 18.5 Å². The first kappa shape index (κ1) is 7.74. The summed E-state index contributed by atoms with van der Waals surface area (Å²) in [5, 5.41) is 8.67. The van der Waals surface area contributed by atoms with Crippen molar-refractivity contribution in [3.63, 3.8) is 0 Å². The van der Waals surface area contributed by atoms with Crippen molar-refractivity contribution >= 4 is 0 Å². The van der Waals surface area contributed by atoms with Crippen molar-refractivity contribution in [3.05, 3.63) is 29.6 Å². The lowest BCUT2D eigenvalue weighted by Gasteiger charge is -1.98. The molecule has 2 nitrogen and oxygen atoms in total. The third-order valence-electron chi connectivity index (χ3n) is 1.54. The Morgan fingerprint density at radius 1 is 1.64 bits per heavy atom. The van der Waals surface area contributed by atoms with Gasteiger partial charge in [0.05, 0.1) is 11.6 Å². The zero-order valence-corrected chi connectivity index (χ0v) is 6.54. The van der Waals surface area contributed by atoms with Gasteiger partial charge in [0.1, 0.15) is 0 Å². The van der Waals surface area contributed by atoms with E-state index in [2.05, 4.69) is 18.0 Å².